The molecule has 2 aliphatic heterocycles. The third kappa shape index (κ3) is 5.29. The van der Waals surface area contributed by atoms with Gasteiger partial charge in [0.1, 0.15) is 24.4 Å². The zero-order valence-corrected chi connectivity index (χ0v) is 20.8. The highest BCUT2D eigenvalue weighted by Gasteiger charge is 2.45. The van der Waals surface area contributed by atoms with E-state index < -0.39 is 55.3 Å². The fourth-order valence-corrected chi connectivity index (χ4v) is 4.80. The van der Waals surface area contributed by atoms with Gasteiger partial charge in [0.15, 0.2) is 28.8 Å². The lowest BCUT2D eigenvalue weighted by molar-refractivity contribution is -0.277. The largest absolute Gasteiger partial charge is 0.504 e. The van der Waals surface area contributed by atoms with Gasteiger partial charge in [0, 0.05) is 18.1 Å². The topological polar surface area (TPSA) is 185 Å². The quantitative estimate of drug-likeness (QED) is 0.232. The number of carbonyl (C=O) groups is 1. The van der Waals surface area contributed by atoms with Gasteiger partial charge < -0.3 is 54.3 Å². The van der Waals surface area contributed by atoms with Gasteiger partial charge in [-0.3, -0.25) is 4.79 Å². The second-order valence-corrected chi connectivity index (χ2v) is 9.18. The molecule has 0 spiro atoms. The van der Waals surface area contributed by atoms with Gasteiger partial charge in [-0.05, 0) is 35.9 Å². The maximum atomic E-state index is 13.2. The molecule has 2 aromatic rings. The van der Waals surface area contributed by atoms with E-state index in [4.69, 9.17) is 23.7 Å². The number of aliphatic hydroxyl groups excluding tert-OH is 5. The molecule has 0 radical (unpaired) electrons. The van der Waals surface area contributed by atoms with Crippen LogP contribution in [0.25, 0.3) is 0 Å². The molecule has 8 atom stereocenters. The lowest BCUT2D eigenvalue weighted by atomic mass is 9.83. The molecule has 2 aromatic carbocycles. The van der Waals surface area contributed by atoms with Gasteiger partial charge in [0.05, 0.1) is 39.5 Å². The van der Waals surface area contributed by atoms with Gasteiger partial charge in [-0.1, -0.05) is 6.07 Å². The van der Waals surface area contributed by atoms with Crippen molar-refractivity contribution in [3.05, 3.63) is 47.5 Å². The van der Waals surface area contributed by atoms with Crippen LogP contribution in [0.3, 0.4) is 0 Å². The molecule has 0 unspecified atom stereocenters. The normalized spacial score (nSPS) is 31.1. The first kappa shape index (κ1) is 28.0. The first-order valence-electron chi connectivity index (χ1n) is 12.0. The van der Waals surface area contributed by atoms with E-state index in [1.54, 1.807) is 12.1 Å². The van der Waals surface area contributed by atoms with E-state index in [0.29, 0.717) is 11.1 Å². The highest BCUT2D eigenvalue weighted by molar-refractivity contribution is 5.99. The Kier molecular flexibility index (Phi) is 8.73. The molecule has 4 rings (SSSR count). The number of aromatic hydroxyl groups is 1. The molecule has 0 aromatic heterocycles. The van der Waals surface area contributed by atoms with Gasteiger partial charge in [-0.25, -0.2) is 0 Å². The maximum Gasteiger partial charge on any atom is 0.229 e. The van der Waals surface area contributed by atoms with Crippen LogP contribution in [-0.2, 0) is 9.47 Å². The van der Waals surface area contributed by atoms with Crippen LogP contribution >= 0.6 is 0 Å². The molecule has 2 aliphatic rings. The predicted molar refractivity (Wildman–Crippen MR) is 129 cm³/mol. The lowest BCUT2D eigenvalue weighted by Crippen LogP contribution is -2.60. The summed E-state index contributed by atoms with van der Waals surface area (Å²) >= 11 is 0. The van der Waals surface area contributed by atoms with E-state index in [0.717, 1.165) is 0 Å². The first-order valence-corrected chi connectivity index (χ1v) is 12.0. The molecule has 38 heavy (non-hydrogen) atoms. The minimum atomic E-state index is -1.60. The van der Waals surface area contributed by atoms with Crippen LogP contribution in [0.5, 0.6) is 23.0 Å². The van der Waals surface area contributed by atoms with Crippen molar-refractivity contribution >= 4 is 5.78 Å². The summed E-state index contributed by atoms with van der Waals surface area (Å²) < 4.78 is 27.5. The first-order chi connectivity index (χ1) is 18.2. The molecule has 0 aliphatic carbocycles. The van der Waals surface area contributed by atoms with Crippen LogP contribution in [0.4, 0.5) is 0 Å². The summed E-state index contributed by atoms with van der Waals surface area (Å²) in [5.74, 6) is -1.08. The highest BCUT2D eigenvalue weighted by Crippen LogP contribution is 2.43. The van der Waals surface area contributed by atoms with Crippen molar-refractivity contribution in [2.24, 2.45) is 11.8 Å². The molecular weight excluding hydrogens is 504 g/mol. The smallest absolute Gasteiger partial charge is 0.229 e. The Morgan fingerprint density at radius 3 is 2.32 bits per heavy atom. The Bertz CT molecular complexity index is 1120. The Morgan fingerprint density at radius 2 is 1.66 bits per heavy atom. The van der Waals surface area contributed by atoms with E-state index >= 15 is 0 Å². The van der Waals surface area contributed by atoms with Crippen molar-refractivity contribution in [2.75, 3.05) is 34.0 Å². The van der Waals surface area contributed by atoms with Gasteiger partial charge in [0.25, 0.3) is 0 Å². The van der Waals surface area contributed by atoms with Crippen molar-refractivity contribution in [1.29, 1.82) is 0 Å². The zero-order chi connectivity index (χ0) is 27.6. The number of ether oxygens (including phenoxy) is 5. The predicted octanol–water partition coefficient (Wildman–Crippen LogP) is -0.233. The Balaban J connectivity index is 1.53. The number of hydrogen-bond acceptors (Lipinski definition) is 12. The maximum absolute atomic E-state index is 13.2. The van der Waals surface area contributed by atoms with E-state index in [2.05, 4.69) is 0 Å². The van der Waals surface area contributed by atoms with Crippen molar-refractivity contribution in [2.45, 2.75) is 36.8 Å². The van der Waals surface area contributed by atoms with Crippen LogP contribution < -0.4 is 14.2 Å². The number of hydrogen-bond donors (Lipinski definition) is 6. The minimum Gasteiger partial charge on any atom is -0.504 e. The second-order valence-electron chi connectivity index (χ2n) is 9.18. The molecule has 0 amide bonds. The number of carbonyl (C=O) groups excluding carboxylic acids is 1. The van der Waals surface area contributed by atoms with Crippen LogP contribution in [0.15, 0.2) is 36.4 Å². The van der Waals surface area contributed by atoms with Gasteiger partial charge >= 0.3 is 0 Å². The summed E-state index contributed by atoms with van der Waals surface area (Å²) in [5, 5.41) is 59.7. The standard InChI is InChI=1S/C26H32O12/c1-34-18-7-12(3-5-16(18)29)21(30)15-11-36-25(14(15)9-27)13-4-6-17(19(8-13)35-2)37-26-24(33)23(32)22(31)20(10-28)38-26/h3-8,14-15,20,22-29,31-33H,9-11H2,1-2H3/t14-,15-,20-,22-,23+,24-,25+,26-/m0/s1. The van der Waals surface area contributed by atoms with Crippen LogP contribution in [0.2, 0.25) is 0 Å². The number of phenols is 1. The molecule has 208 valence electrons. The molecule has 2 fully saturated rings. The van der Waals surface area contributed by atoms with Gasteiger partial charge in [-0.15, -0.1) is 0 Å². The molecule has 2 saturated heterocycles. The third-order valence-electron chi connectivity index (χ3n) is 6.98. The number of methoxy groups -OCH3 is 2. The monoisotopic (exact) mass is 536 g/mol. The SMILES string of the molecule is COc1cc(C(=O)[C@H]2CO[C@H](c3ccc(O[C@H]4O[C@@H](CO)[C@H](O)[C@@H](O)[C@@H]4O)c(OC)c3)[C@H]2CO)ccc1O. The van der Waals surface area contributed by atoms with E-state index in [9.17, 15) is 35.4 Å². The number of ketones is 1. The van der Waals surface area contributed by atoms with Crippen LogP contribution in [0, 0.1) is 11.8 Å². The highest BCUT2D eigenvalue weighted by atomic mass is 16.7. The summed E-state index contributed by atoms with van der Waals surface area (Å²) in [6.07, 6.45) is -7.90. The van der Waals surface area contributed by atoms with Crippen LogP contribution in [0.1, 0.15) is 22.0 Å². The summed E-state index contributed by atoms with van der Waals surface area (Å²) in [5.41, 5.74) is 0.911. The molecule has 0 bridgehead atoms. The van der Waals surface area contributed by atoms with E-state index in [1.807, 2.05) is 0 Å². The lowest BCUT2D eigenvalue weighted by Gasteiger charge is -2.39. The average Bonchev–Trinajstić information content (AvgIpc) is 3.37. The molecular formula is C26H32O12. The summed E-state index contributed by atoms with van der Waals surface area (Å²) in [6, 6.07) is 9.05. The third-order valence-corrected chi connectivity index (χ3v) is 6.98. The summed E-state index contributed by atoms with van der Waals surface area (Å²) in [6.45, 7) is -0.871. The van der Waals surface area contributed by atoms with Crippen molar-refractivity contribution < 1.29 is 59.1 Å². The molecule has 0 saturated carbocycles. The fourth-order valence-electron chi connectivity index (χ4n) is 4.80. The molecule has 12 heteroatoms. The summed E-state index contributed by atoms with van der Waals surface area (Å²) in [4.78, 5) is 13.2. The number of phenolic OH excluding ortho intramolecular Hbond substituents is 1. The minimum absolute atomic E-state index is 0.0589. The Morgan fingerprint density at radius 1 is 0.921 bits per heavy atom. The van der Waals surface area contributed by atoms with E-state index in [-0.39, 0.29) is 42.0 Å². The second kappa shape index (κ2) is 11.8. The van der Waals surface area contributed by atoms with Crippen molar-refractivity contribution in [3.63, 3.8) is 0 Å². The Labute approximate surface area is 218 Å². The molecule has 12 nitrogen and oxygen atoms in total. The summed E-state index contributed by atoms with van der Waals surface area (Å²) in [7, 11) is 2.77. The zero-order valence-electron chi connectivity index (χ0n) is 20.8. The van der Waals surface area contributed by atoms with Gasteiger partial charge in [-0.2, -0.15) is 0 Å². The van der Waals surface area contributed by atoms with Gasteiger partial charge in [0.2, 0.25) is 6.29 Å². The van der Waals surface area contributed by atoms with E-state index in [1.165, 1.54) is 38.5 Å². The fraction of sp³-hybridized carbons (Fsp3) is 0.500. The number of Topliss-reactive ketones (excluding diaryl/α,β-unsaturated/α-hetero) is 1. The molecule has 2 heterocycles. The van der Waals surface area contributed by atoms with Crippen LogP contribution in [-0.4, -0.2) is 101 Å². The average molecular weight is 537 g/mol. The van der Waals surface area contributed by atoms with Crippen molar-refractivity contribution in [3.8, 4) is 23.0 Å². The number of rotatable bonds is 9. The number of benzene rings is 2. The number of aliphatic hydroxyl groups is 5. The Hall–Kier alpha value is -2.97. The van der Waals surface area contributed by atoms with Crippen molar-refractivity contribution in [1.82, 2.24) is 0 Å². The molecule has 6 N–H and O–H groups in total.